The summed E-state index contributed by atoms with van der Waals surface area (Å²) in [4.78, 5) is 12.9. The first-order valence-corrected chi connectivity index (χ1v) is 22.4. The molecule has 4 nitrogen and oxygen atoms in total. The maximum absolute atomic E-state index is 12.9. The van der Waals surface area contributed by atoms with Crippen LogP contribution in [0.15, 0.2) is 72.8 Å². The van der Waals surface area contributed by atoms with E-state index in [0.29, 0.717) is 11.3 Å². The van der Waals surface area contributed by atoms with Crippen molar-refractivity contribution in [1.82, 2.24) is 0 Å². The van der Waals surface area contributed by atoms with Gasteiger partial charge < -0.3 is 14.2 Å². The Bertz CT molecular complexity index is 1310. The molecule has 0 aliphatic carbocycles. The Hall–Kier alpha value is -3.11. The molecule has 4 heteroatoms. The summed E-state index contributed by atoms with van der Waals surface area (Å²) in [6.07, 6.45) is 33.8. The van der Waals surface area contributed by atoms with Crippen molar-refractivity contribution in [3.05, 3.63) is 83.9 Å². The Morgan fingerprint density at radius 1 is 0.444 bits per heavy atom. The topological polar surface area (TPSA) is 44.8 Å². The third kappa shape index (κ3) is 20.5. The quantitative estimate of drug-likeness (QED) is 0.0354. The van der Waals surface area contributed by atoms with Gasteiger partial charge in [0.05, 0.1) is 18.3 Å². The summed E-state index contributed by atoms with van der Waals surface area (Å²) in [7, 11) is 0. The minimum Gasteiger partial charge on any atom is -0.494 e. The normalized spacial score (nSPS) is 11.8. The summed E-state index contributed by atoms with van der Waals surface area (Å²) < 4.78 is 17.8. The van der Waals surface area contributed by atoms with Crippen molar-refractivity contribution in [3.8, 4) is 22.6 Å². The molecule has 1 unspecified atom stereocenters. The Labute approximate surface area is 331 Å². The van der Waals surface area contributed by atoms with Gasteiger partial charge >= 0.3 is 5.97 Å². The van der Waals surface area contributed by atoms with Crippen molar-refractivity contribution in [2.75, 3.05) is 13.2 Å². The fraction of sp³-hybridized carbons (Fsp3) is 0.620. The number of benzene rings is 3. The third-order valence-corrected chi connectivity index (χ3v) is 10.8. The predicted molar refractivity (Wildman–Crippen MR) is 230 cm³/mol. The molecule has 0 radical (unpaired) electrons. The number of ether oxygens (including phenoxy) is 3. The van der Waals surface area contributed by atoms with Gasteiger partial charge in [-0.15, -0.1) is 0 Å². The molecule has 0 aromatic heterocycles. The van der Waals surface area contributed by atoms with Crippen LogP contribution in [0.25, 0.3) is 11.1 Å². The van der Waals surface area contributed by atoms with Gasteiger partial charge in [0.25, 0.3) is 0 Å². The highest BCUT2D eigenvalue weighted by atomic mass is 16.5. The van der Waals surface area contributed by atoms with Crippen LogP contribution in [-0.4, -0.2) is 19.2 Å². The molecular formula is C50H76O4. The molecule has 0 spiro atoms. The lowest BCUT2D eigenvalue weighted by molar-refractivity contribution is 0.0626. The van der Waals surface area contributed by atoms with Crippen molar-refractivity contribution in [2.24, 2.45) is 0 Å². The summed E-state index contributed by atoms with van der Waals surface area (Å²) in [6, 6.07) is 23.5. The monoisotopic (exact) mass is 741 g/mol. The highest BCUT2D eigenvalue weighted by Crippen LogP contribution is 2.26. The van der Waals surface area contributed by atoms with Crippen LogP contribution in [-0.2, 0) is 4.74 Å². The van der Waals surface area contributed by atoms with Crippen molar-refractivity contribution in [3.63, 3.8) is 0 Å². The smallest absolute Gasteiger partial charge is 0.343 e. The largest absolute Gasteiger partial charge is 0.494 e. The zero-order valence-electron chi connectivity index (χ0n) is 34.7. The molecule has 3 rings (SSSR count). The number of rotatable bonds is 33. The zero-order chi connectivity index (χ0) is 38.3. The van der Waals surface area contributed by atoms with Gasteiger partial charge in [0.1, 0.15) is 11.5 Å². The van der Waals surface area contributed by atoms with Crippen LogP contribution in [0, 0.1) is 0 Å². The Kier molecular flexibility index (Phi) is 25.3. The van der Waals surface area contributed by atoms with E-state index >= 15 is 0 Å². The summed E-state index contributed by atoms with van der Waals surface area (Å²) >= 11 is 0. The maximum atomic E-state index is 12.9. The molecule has 0 fully saturated rings. The van der Waals surface area contributed by atoms with Crippen LogP contribution < -0.4 is 9.47 Å². The zero-order valence-corrected chi connectivity index (χ0v) is 34.7. The number of unbranched alkanes of at least 4 members (excludes halogenated alkanes) is 23. The van der Waals surface area contributed by atoms with E-state index in [1.807, 2.05) is 60.7 Å². The van der Waals surface area contributed by atoms with Gasteiger partial charge in [-0.2, -0.15) is 0 Å². The second-order valence-corrected chi connectivity index (χ2v) is 15.6. The van der Waals surface area contributed by atoms with Crippen LogP contribution in [0.2, 0.25) is 0 Å². The molecule has 0 aliphatic heterocycles. The third-order valence-electron chi connectivity index (χ3n) is 10.8. The Morgan fingerprint density at radius 3 is 1.24 bits per heavy atom. The molecular weight excluding hydrogens is 665 g/mol. The van der Waals surface area contributed by atoms with Gasteiger partial charge in [0.2, 0.25) is 0 Å². The van der Waals surface area contributed by atoms with E-state index in [-0.39, 0.29) is 12.1 Å². The lowest BCUT2D eigenvalue weighted by Gasteiger charge is -2.14. The second kappa shape index (κ2) is 30.2. The molecule has 0 bridgehead atoms. The molecule has 1 atom stereocenters. The summed E-state index contributed by atoms with van der Waals surface area (Å²) in [5.74, 6) is 1.08. The first-order chi connectivity index (χ1) is 26.6. The fourth-order valence-corrected chi connectivity index (χ4v) is 7.12. The van der Waals surface area contributed by atoms with Gasteiger partial charge in [-0.1, -0.05) is 198 Å². The van der Waals surface area contributed by atoms with Gasteiger partial charge in [0, 0.05) is 6.61 Å². The van der Waals surface area contributed by atoms with E-state index in [4.69, 9.17) is 14.2 Å². The highest BCUT2D eigenvalue weighted by molar-refractivity contribution is 5.91. The SMILES string of the molecule is CCCCCCCCCCCCCCCCCCCCOC(C)c1ccc(C(=O)Oc2ccc(-c3ccc(OCCCCCCCCC)cc3)cc2)cc1. The van der Waals surface area contributed by atoms with Crippen LogP contribution in [0.1, 0.15) is 203 Å². The average molecular weight is 741 g/mol. The van der Waals surface area contributed by atoms with Crippen LogP contribution in [0.3, 0.4) is 0 Å². The average Bonchev–Trinajstić information content (AvgIpc) is 3.20. The lowest BCUT2D eigenvalue weighted by Crippen LogP contribution is -2.09. The molecule has 3 aromatic rings. The number of carbonyl (C=O) groups excluding carboxylic acids is 1. The summed E-state index contributed by atoms with van der Waals surface area (Å²) in [5, 5.41) is 0. The Morgan fingerprint density at radius 2 is 0.815 bits per heavy atom. The van der Waals surface area contributed by atoms with Crippen molar-refractivity contribution >= 4 is 5.97 Å². The van der Waals surface area contributed by atoms with Crippen LogP contribution >= 0.6 is 0 Å². The minimum absolute atomic E-state index is 0.000793. The molecule has 54 heavy (non-hydrogen) atoms. The van der Waals surface area contributed by atoms with E-state index in [1.165, 1.54) is 148 Å². The number of carbonyl (C=O) groups is 1. The van der Waals surface area contributed by atoms with E-state index in [1.54, 1.807) is 0 Å². The molecule has 0 amide bonds. The van der Waals surface area contributed by atoms with Gasteiger partial charge in [-0.25, -0.2) is 4.79 Å². The van der Waals surface area contributed by atoms with Crippen molar-refractivity contribution in [2.45, 2.75) is 187 Å². The van der Waals surface area contributed by atoms with Crippen LogP contribution in [0.5, 0.6) is 11.5 Å². The standard InChI is InChI=1S/C50H76O4/c1-4-6-8-10-12-13-14-15-16-17-18-19-20-21-22-24-25-27-41-52-43(3)44-29-31-47(32-30-44)50(51)54-49-39-35-46(36-40-49)45-33-37-48(38-34-45)53-42-28-26-23-11-9-7-5-2/h29-40,43H,4-28,41-42H2,1-3H3. The Balaban J connectivity index is 1.20. The fourth-order valence-electron chi connectivity index (χ4n) is 7.12. The van der Waals surface area contributed by atoms with Gasteiger partial charge in [0.15, 0.2) is 0 Å². The van der Waals surface area contributed by atoms with E-state index < -0.39 is 0 Å². The van der Waals surface area contributed by atoms with Gasteiger partial charge in [-0.05, 0) is 72.9 Å². The van der Waals surface area contributed by atoms with E-state index in [2.05, 4.69) is 32.9 Å². The summed E-state index contributed by atoms with van der Waals surface area (Å²) in [6.45, 7) is 8.17. The lowest BCUT2D eigenvalue weighted by atomic mass is 10.0. The van der Waals surface area contributed by atoms with Gasteiger partial charge in [-0.3, -0.25) is 0 Å². The van der Waals surface area contributed by atoms with Crippen molar-refractivity contribution in [1.29, 1.82) is 0 Å². The maximum Gasteiger partial charge on any atom is 0.343 e. The van der Waals surface area contributed by atoms with Crippen molar-refractivity contribution < 1.29 is 19.0 Å². The van der Waals surface area contributed by atoms with E-state index in [9.17, 15) is 4.79 Å². The number of esters is 1. The molecule has 3 aromatic carbocycles. The number of hydrogen-bond acceptors (Lipinski definition) is 4. The summed E-state index contributed by atoms with van der Waals surface area (Å²) in [5.41, 5.74) is 3.78. The predicted octanol–water partition coefficient (Wildman–Crippen LogP) is 15.8. The molecule has 0 heterocycles. The number of hydrogen-bond donors (Lipinski definition) is 0. The molecule has 0 saturated carbocycles. The first kappa shape index (κ1) is 45.3. The molecule has 300 valence electrons. The molecule has 0 aliphatic rings. The molecule has 0 N–H and O–H groups in total. The van der Waals surface area contributed by atoms with E-state index in [0.717, 1.165) is 48.5 Å². The van der Waals surface area contributed by atoms with Crippen LogP contribution in [0.4, 0.5) is 0 Å². The first-order valence-electron chi connectivity index (χ1n) is 22.4. The molecule has 0 saturated heterocycles. The highest BCUT2D eigenvalue weighted by Gasteiger charge is 2.12. The second-order valence-electron chi connectivity index (χ2n) is 15.6. The minimum atomic E-state index is -0.357.